The standard InChI is InChI=1S/C15H20FN5O2/c1-20(8-10-23-13-6-4-12(16)5-7-13)15-17-18-19-21(15)11-14-3-2-9-22-14/h4-7,14H,2-3,8-11H2,1H3. The number of likely N-dealkylation sites (N-methyl/N-ethyl adjacent to an activating group) is 1. The fourth-order valence-electron chi connectivity index (χ4n) is 2.50. The molecule has 0 saturated carbocycles. The summed E-state index contributed by atoms with van der Waals surface area (Å²) in [5.74, 6) is 1.05. The Morgan fingerprint density at radius 1 is 1.39 bits per heavy atom. The van der Waals surface area contributed by atoms with Gasteiger partial charge in [0.15, 0.2) is 0 Å². The van der Waals surface area contributed by atoms with E-state index in [0.717, 1.165) is 19.4 Å². The molecule has 1 aromatic heterocycles. The third-order valence-corrected chi connectivity index (χ3v) is 3.76. The number of anilines is 1. The molecule has 1 aliphatic heterocycles. The monoisotopic (exact) mass is 321 g/mol. The van der Waals surface area contributed by atoms with Crippen LogP contribution in [-0.4, -0.2) is 53.1 Å². The van der Waals surface area contributed by atoms with Crippen molar-refractivity contribution in [2.75, 3.05) is 31.7 Å². The maximum Gasteiger partial charge on any atom is 0.245 e. The molecule has 0 bridgehead atoms. The van der Waals surface area contributed by atoms with Gasteiger partial charge in [-0.15, -0.1) is 0 Å². The van der Waals surface area contributed by atoms with Crippen molar-refractivity contribution < 1.29 is 13.9 Å². The maximum atomic E-state index is 12.8. The molecule has 1 aromatic carbocycles. The van der Waals surface area contributed by atoms with Crippen LogP contribution < -0.4 is 9.64 Å². The van der Waals surface area contributed by atoms with Crippen molar-refractivity contribution in [3.63, 3.8) is 0 Å². The number of benzene rings is 1. The van der Waals surface area contributed by atoms with Crippen molar-refractivity contribution in [1.29, 1.82) is 0 Å². The third-order valence-electron chi connectivity index (χ3n) is 3.76. The van der Waals surface area contributed by atoms with Crippen molar-refractivity contribution in [2.24, 2.45) is 0 Å². The third kappa shape index (κ3) is 4.16. The van der Waals surface area contributed by atoms with E-state index in [0.29, 0.717) is 31.4 Å². The number of nitrogens with zero attached hydrogens (tertiary/aromatic N) is 5. The van der Waals surface area contributed by atoms with Crippen LogP contribution in [0.3, 0.4) is 0 Å². The van der Waals surface area contributed by atoms with Gasteiger partial charge in [0, 0.05) is 13.7 Å². The number of aromatic nitrogens is 4. The Labute approximate surface area is 134 Å². The van der Waals surface area contributed by atoms with E-state index in [-0.39, 0.29) is 11.9 Å². The lowest BCUT2D eigenvalue weighted by Gasteiger charge is -2.19. The molecule has 0 radical (unpaired) electrons. The highest BCUT2D eigenvalue weighted by Gasteiger charge is 2.20. The predicted octanol–water partition coefficient (Wildman–Crippen LogP) is 1.51. The quantitative estimate of drug-likeness (QED) is 0.770. The van der Waals surface area contributed by atoms with Crippen molar-refractivity contribution in [3.8, 4) is 5.75 Å². The molecule has 0 amide bonds. The summed E-state index contributed by atoms with van der Waals surface area (Å²) in [5.41, 5.74) is 0. The van der Waals surface area contributed by atoms with Crippen molar-refractivity contribution >= 4 is 5.95 Å². The summed E-state index contributed by atoms with van der Waals surface area (Å²) >= 11 is 0. The summed E-state index contributed by atoms with van der Waals surface area (Å²) in [6.45, 7) is 2.53. The predicted molar refractivity (Wildman–Crippen MR) is 82.0 cm³/mol. The van der Waals surface area contributed by atoms with E-state index in [1.807, 2.05) is 11.9 Å². The molecular formula is C15H20FN5O2. The van der Waals surface area contributed by atoms with Crippen LogP contribution in [0.2, 0.25) is 0 Å². The first-order valence-corrected chi connectivity index (χ1v) is 7.69. The normalized spacial score (nSPS) is 17.4. The van der Waals surface area contributed by atoms with Crippen LogP contribution in [0.25, 0.3) is 0 Å². The smallest absolute Gasteiger partial charge is 0.245 e. The molecule has 0 N–H and O–H groups in total. The molecule has 1 aliphatic rings. The van der Waals surface area contributed by atoms with Gasteiger partial charge in [-0.1, -0.05) is 5.10 Å². The Balaban J connectivity index is 1.50. The van der Waals surface area contributed by atoms with Gasteiger partial charge in [0.2, 0.25) is 5.95 Å². The summed E-state index contributed by atoms with van der Waals surface area (Å²) in [6.07, 6.45) is 2.31. The summed E-state index contributed by atoms with van der Waals surface area (Å²) in [7, 11) is 1.91. The fraction of sp³-hybridized carbons (Fsp3) is 0.533. The Morgan fingerprint density at radius 2 is 2.22 bits per heavy atom. The van der Waals surface area contributed by atoms with Crippen LogP contribution in [0, 0.1) is 5.82 Å². The molecule has 2 aromatic rings. The second-order valence-electron chi connectivity index (χ2n) is 5.52. The van der Waals surface area contributed by atoms with Crippen LogP contribution in [0.15, 0.2) is 24.3 Å². The number of hydrogen-bond acceptors (Lipinski definition) is 6. The molecule has 1 atom stereocenters. The lowest BCUT2D eigenvalue weighted by atomic mass is 10.2. The van der Waals surface area contributed by atoms with Gasteiger partial charge in [-0.05, 0) is 47.5 Å². The van der Waals surface area contributed by atoms with Crippen LogP contribution in [0.1, 0.15) is 12.8 Å². The molecular weight excluding hydrogens is 301 g/mol. The second kappa shape index (κ2) is 7.36. The van der Waals surface area contributed by atoms with E-state index in [1.54, 1.807) is 16.8 Å². The van der Waals surface area contributed by atoms with Gasteiger partial charge in [-0.3, -0.25) is 0 Å². The summed E-state index contributed by atoms with van der Waals surface area (Å²) in [6, 6.07) is 5.97. The highest BCUT2D eigenvalue weighted by molar-refractivity contribution is 5.26. The fourth-order valence-corrected chi connectivity index (χ4v) is 2.50. The molecule has 2 heterocycles. The van der Waals surface area contributed by atoms with E-state index in [2.05, 4.69) is 15.5 Å². The topological polar surface area (TPSA) is 65.3 Å². The summed E-state index contributed by atoms with van der Waals surface area (Å²) in [5, 5.41) is 11.8. The zero-order valence-electron chi connectivity index (χ0n) is 13.1. The van der Waals surface area contributed by atoms with Gasteiger partial charge in [-0.25, -0.2) is 9.07 Å². The molecule has 3 rings (SSSR count). The number of hydrogen-bond donors (Lipinski definition) is 0. The maximum absolute atomic E-state index is 12.8. The lowest BCUT2D eigenvalue weighted by Crippen LogP contribution is -2.28. The molecule has 1 unspecified atom stereocenters. The van der Waals surface area contributed by atoms with Crippen molar-refractivity contribution in [3.05, 3.63) is 30.1 Å². The minimum atomic E-state index is -0.275. The van der Waals surface area contributed by atoms with E-state index in [1.165, 1.54) is 12.1 Å². The largest absolute Gasteiger partial charge is 0.492 e. The SMILES string of the molecule is CN(CCOc1ccc(F)cc1)c1nnnn1CC1CCCO1. The van der Waals surface area contributed by atoms with E-state index < -0.39 is 0 Å². The van der Waals surface area contributed by atoms with Gasteiger partial charge < -0.3 is 14.4 Å². The Hall–Kier alpha value is -2.22. The number of tetrazole rings is 1. The first kappa shape index (κ1) is 15.7. The van der Waals surface area contributed by atoms with Gasteiger partial charge in [0.1, 0.15) is 18.2 Å². The van der Waals surface area contributed by atoms with E-state index >= 15 is 0 Å². The summed E-state index contributed by atoms with van der Waals surface area (Å²) < 4.78 is 25.8. The van der Waals surface area contributed by atoms with E-state index in [4.69, 9.17) is 9.47 Å². The molecule has 1 saturated heterocycles. The molecule has 0 spiro atoms. The van der Waals surface area contributed by atoms with E-state index in [9.17, 15) is 4.39 Å². The molecule has 124 valence electrons. The van der Waals surface area contributed by atoms with Gasteiger partial charge >= 0.3 is 0 Å². The van der Waals surface area contributed by atoms with Crippen LogP contribution in [0.4, 0.5) is 10.3 Å². The second-order valence-corrected chi connectivity index (χ2v) is 5.52. The molecule has 8 heteroatoms. The van der Waals surface area contributed by atoms with Gasteiger partial charge in [0.05, 0.1) is 19.2 Å². The average Bonchev–Trinajstić information content (AvgIpc) is 3.21. The Morgan fingerprint density at radius 3 is 2.96 bits per heavy atom. The van der Waals surface area contributed by atoms with Gasteiger partial charge in [-0.2, -0.15) is 0 Å². The first-order chi connectivity index (χ1) is 11.2. The Bertz CT molecular complexity index is 613. The van der Waals surface area contributed by atoms with Crippen LogP contribution >= 0.6 is 0 Å². The molecule has 1 fully saturated rings. The highest BCUT2D eigenvalue weighted by atomic mass is 19.1. The average molecular weight is 321 g/mol. The highest BCUT2D eigenvalue weighted by Crippen LogP contribution is 2.16. The lowest BCUT2D eigenvalue weighted by molar-refractivity contribution is 0.0938. The van der Waals surface area contributed by atoms with Crippen molar-refractivity contribution in [2.45, 2.75) is 25.5 Å². The molecule has 23 heavy (non-hydrogen) atoms. The number of halogens is 1. The first-order valence-electron chi connectivity index (χ1n) is 7.69. The number of rotatable bonds is 7. The van der Waals surface area contributed by atoms with Crippen LogP contribution in [0.5, 0.6) is 5.75 Å². The molecule has 0 aliphatic carbocycles. The summed E-state index contributed by atoms with van der Waals surface area (Å²) in [4.78, 5) is 1.93. The van der Waals surface area contributed by atoms with Crippen LogP contribution in [-0.2, 0) is 11.3 Å². The molecule has 7 nitrogen and oxygen atoms in total. The van der Waals surface area contributed by atoms with Gasteiger partial charge in [0.25, 0.3) is 0 Å². The van der Waals surface area contributed by atoms with Crippen molar-refractivity contribution in [1.82, 2.24) is 20.2 Å². The minimum Gasteiger partial charge on any atom is -0.492 e. The zero-order chi connectivity index (χ0) is 16.1. The number of ether oxygens (including phenoxy) is 2. The Kier molecular flexibility index (Phi) is 5.02. The zero-order valence-corrected chi connectivity index (χ0v) is 13.1. The minimum absolute atomic E-state index is 0.182.